The van der Waals surface area contributed by atoms with Crippen molar-refractivity contribution in [2.75, 3.05) is 6.61 Å². The number of ether oxygens (including phenoxy) is 1. The zero-order chi connectivity index (χ0) is 21.8. The molecule has 0 radical (unpaired) electrons. The fourth-order valence-electron chi connectivity index (χ4n) is 3.15. The largest absolute Gasteiger partial charge is 0.490 e. The van der Waals surface area contributed by atoms with Crippen LogP contribution in [0, 0.1) is 17.5 Å². The maximum atomic E-state index is 14.9. The molecule has 0 spiro atoms. The first-order valence-electron chi connectivity index (χ1n) is 9.37. The molecular weight excluding hydrogens is 399 g/mol. The van der Waals surface area contributed by atoms with E-state index in [4.69, 9.17) is 4.74 Å². The average Bonchev–Trinajstić information content (AvgIpc) is 2.75. The predicted molar refractivity (Wildman–Crippen MR) is 109 cm³/mol. The Bertz CT molecular complexity index is 1120. The summed E-state index contributed by atoms with van der Waals surface area (Å²) < 4.78 is 78.3. The molecule has 0 bridgehead atoms. The Kier molecular flexibility index (Phi) is 6.55. The van der Waals surface area contributed by atoms with Crippen LogP contribution in [0.2, 0.25) is 0 Å². The smallest absolute Gasteiger partial charge is 0.169 e. The molecule has 0 aliphatic rings. The molecule has 0 aliphatic carbocycles. The summed E-state index contributed by atoms with van der Waals surface area (Å²) in [7, 11) is 0. The summed E-state index contributed by atoms with van der Waals surface area (Å²) in [4.78, 5) is 0. The number of benzene rings is 3. The molecule has 3 rings (SSSR count). The van der Waals surface area contributed by atoms with E-state index in [2.05, 4.69) is 6.58 Å². The first-order chi connectivity index (χ1) is 14.4. The van der Waals surface area contributed by atoms with E-state index in [1.807, 2.05) is 0 Å². The van der Waals surface area contributed by atoms with Crippen molar-refractivity contribution in [3.63, 3.8) is 0 Å². The van der Waals surface area contributed by atoms with E-state index in [1.54, 1.807) is 6.92 Å². The molecule has 3 aromatic rings. The van der Waals surface area contributed by atoms with Crippen LogP contribution >= 0.6 is 0 Å². The topological polar surface area (TPSA) is 9.23 Å². The van der Waals surface area contributed by atoms with Crippen LogP contribution in [0.3, 0.4) is 0 Å². The Hall–Kier alpha value is -3.15. The van der Waals surface area contributed by atoms with Gasteiger partial charge in [0.15, 0.2) is 23.3 Å². The van der Waals surface area contributed by atoms with Gasteiger partial charge in [0.1, 0.15) is 18.2 Å². The van der Waals surface area contributed by atoms with Crippen LogP contribution in [0.5, 0.6) is 5.75 Å². The molecule has 0 fully saturated rings. The van der Waals surface area contributed by atoms with Crippen LogP contribution in [0.4, 0.5) is 22.0 Å². The van der Waals surface area contributed by atoms with Gasteiger partial charge in [0.05, 0.1) is 5.39 Å². The third-order valence-electron chi connectivity index (χ3n) is 4.62. The van der Waals surface area contributed by atoms with Gasteiger partial charge in [-0.2, -0.15) is 0 Å². The van der Waals surface area contributed by atoms with Crippen LogP contribution in [0.25, 0.3) is 22.4 Å². The van der Waals surface area contributed by atoms with Gasteiger partial charge in [0.25, 0.3) is 0 Å². The molecule has 0 saturated heterocycles. The van der Waals surface area contributed by atoms with Crippen LogP contribution in [0.1, 0.15) is 30.0 Å². The highest BCUT2D eigenvalue weighted by molar-refractivity contribution is 5.91. The third kappa shape index (κ3) is 4.08. The third-order valence-corrected chi connectivity index (χ3v) is 4.62. The number of fused-ring (bicyclic) bond motifs is 1. The van der Waals surface area contributed by atoms with Crippen molar-refractivity contribution in [2.45, 2.75) is 19.8 Å². The lowest BCUT2D eigenvalue weighted by Gasteiger charge is -2.11. The molecule has 156 valence electrons. The Morgan fingerprint density at radius 2 is 1.63 bits per heavy atom. The van der Waals surface area contributed by atoms with Gasteiger partial charge in [-0.1, -0.05) is 32.1 Å². The Morgan fingerprint density at radius 3 is 2.27 bits per heavy atom. The van der Waals surface area contributed by atoms with Crippen LogP contribution < -0.4 is 4.74 Å². The lowest BCUT2D eigenvalue weighted by molar-refractivity contribution is 0.363. The minimum absolute atomic E-state index is 0.0792. The van der Waals surface area contributed by atoms with Gasteiger partial charge in [0, 0.05) is 11.1 Å². The summed E-state index contributed by atoms with van der Waals surface area (Å²) in [5, 5.41) is -0.628. The van der Waals surface area contributed by atoms with E-state index in [0.717, 1.165) is 6.07 Å². The standard InChI is InChI=1S/C24H19F5O/c1-3-5-16-13-15-8-11-18(22(27)19(15)24(29)21(16)26)23(28)20(25)14-6-9-17(10-7-14)30-12-4-2/h4,6-11,13H,2-3,5,12H2,1H3. The maximum Gasteiger partial charge on any atom is 0.169 e. The fourth-order valence-corrected chi connectivity index (χ4v) is 3.15. The molecule has 0 aromatic heterocycles. The number of rotatable bonds is 7. The molecule has 0 heterocycles. The lowest BCUT2D eigenvalue weighted by Crippen LogP contribution is -2.00. The van der Waals surface area contributed by atoms with E-state index < -0.39 is 40.1 Å². The van der Waals surface area contributed by atoms with Crippen LogP contribution in [-0.2, 0) is 6.42 Å². The Balaban J connectivity index is 2.06. The maximum absolute atomic E-state index is 14.9. The monoisotopic (exact) mass is 418 g/mol. The zero-order valence-corrected chi connectivity index (χ0v) is 16.2. The van der Waals surface area contributed by atoms with Gasteiger partial charge in [0.2, 0.25) is 0 Å². The molecular formula is C24H19F5O. The minimum atomic E-state index is -1.51. The van der Waals surface area contributed by atoms with Crippen molar-refractivity contribution >= 4 is 22.4 Å². The summed E-state index contributed by atoms with van der Waals surface area (Å²) in [5.74, 6) is -6.36. The van der Waals surface area contributed by atoms with Gasteiger partial charge >= 0.3 is 0 Å². The predicted octanol–water partition coefficient (Wildman–Crippen LogP) is 7.54. The Labute approximate surface area is 171 Å². The molecule has 3 aromatic carbocycles. The lowest BCUT2D eigenvalue weighted by atomic mass is 9.99. The van der Waals surface area contributed by atoms with Crippen molar-refractivity contribution in [3.05, 3.63) is 89.3 Å². The van der Waals surface area contributed by atoms with Crippen LogP contribution in [0.15, 0.2) is 55.1 Å². The van der Waals surface area contributed by atoms with E-state index in [9.17, 15) is 22.0 Å². The molecule has 0 atom stereocenters. The van der Waals surface area contributed by atoms with Crippen molar-refractivity contribution < 1.29 is 26.7 Å². The summed E-state index contributed by atoms with van der Waals surface area (Å²) in [6.45, 7) is 5.55. The summed E-state index contributed by atoms with van der Waals surface area (Å²) >= 11 is 0. The number of hydrogen-bond acceptors (Lipinski definition) is 1. The molecule has 1 nitrogen and oxygen atoms in total. The van der Waals surface area contributed by atoms with Gasteiger partial charge in [-0.05, 0) is 53.8 Å². The Morgan fingerprint density at radius 1 is 0.933 bits per heavy atom. The number of aryl methyl sites for hydroxylation is 1. The highest BCUT2D eigenvalue weighted by Crippen LogP contribution is 2.35. The van der Waals surface area contributed by atoms with E-state index in [1.165, 1.54) is 42.5 Å². The average molecular weight is 418 g/mol. The normalized spacial score (nSPS) is 12.1. The molecule has 0 unspecified atom stereocenters. The molecule has 6 heteroatoms. The number of halogens is 5. The zero-order valence-electron chi connectivity index (χ0n) is 16.2. The quantitative estimate of drug-likeness (QED) is 0.219. The second kappa shape index (κ2) is 9.11. The van der Waals surface area contributed by atoms with Gasteiger partial charge in [-0.15, -0.1) is 0 Å². The van der Waals surface area contributed by atoms with Crippen molar-refractivity contribution in [1.82, 2.24) is 0 Å². The highest BCUT2D eigenvalue weighted by atomic mass is 19.2. The van der Waals surface area contributed by atoms with E-state index >= 15 is 0 Å². The highest BCUT2D eigenvalue weighted by Gasteiger charge is 2.22. The molecule has 0 amide bonds. The minimum Gasteiger partial charge on any atom is -0.490 e. The number of hydrogen-bond donors (Lipinski definition) is 0. The molecule has 0 aliphatic heterocycles. The first-order valence-corrected chi connectivity index (χ1v) is 9.37. The summed E-state index contributed by atoms with van der Waals surface area (Å²) in [6, 6.07) is 8.96. The summed E-state index contributed by atoms with van der Waals surface area (Å²) in [5.41, 5.74) is -0.827. The second-order valence-electron chi connectivity index (χ2n) is 6.69. The fraction of sp³-hybridized carbons (Fsp3) is 0.167. The van der Waals surface area contributed by atoms with E-state index in [-0.39, 0.29) is 29.5 Å². The van der Waals surface area contributed by atoms with Gasteiger partial charge in [-0.25, -0.2) is 22.0 Å². The molecule has 0 N–H and O–H groups in total. The van der Waals surface area contributed by atoms with Crippen molar-refractivity contribution in [2.24, 2.45) is 0 Å². The summed E-state index contributed by atoms with van der Waals surface area (Å²) in [6.07, 6.45) is 2.38. The van der Waals surface area contributed by atoms with Crippen LogP contribution in [-0.4, -0.2) is 6.61 Å². The van der Waals surface area contributed by atoms with Gasteiger partial charge < -0.3 is 4.74 Å². The van der Waals surface area contributed by atoms with Gasteiger partial charge in [-0.3, -0.25) is 0 Å². The van der Waals surface area contributed by atoms with Crippen molar-refractivity contribution in [3.8, 4) is 5.75 Å². The van der Waals surface area contributed by atoms with Crippen molar-refractivity contribution in [1.29, 1.82) is 0 Å². The SMILES string of the molecule is C=CCOc1ccc(C(F)=C(F)c2ccc3cc(CCC)c(F)c(F)c3c2F)cc1. The first kappa shape index (κ1) is 21.6. The van der Waals surface area contributed by atoms with E-state index in [0.29, 0.717) is 12.2 Å². The molecule has 0 saturated carbocycles. The molecule has 30 heavy (non-hydrogen) atoms. The second-order valence-corrected chi connectivity index (χ2v) is 6.69.